The maximum atomic E-state index is 4.18. The van der Waals surface area contributed by atoms with Crippen LogP contribution in [0.25, 0.3) is 11.4 Å². The molecule has 0 saturated heterocycles. The summed E-state index contributed by atoms with van der Waals surface area (Å²) >= 11 is 0. The highest BCUT2D eigenvalue weighted by molar-refractivity contribution is 5.60. The highest BCUT2D eigenvalue weighted by Crippen LogP contribution is 2.19. The Morgan fingerprint density at radius 1 is 1.07 bits per heavy atom. The van der Waals surface area contributed by atoms with Gasteiger partial charge in [0.2, 0.25) is 0 Å². The van der Waals surface area contributed by atoms with Crippen molar-refractivity contribution in [3.63, 3.8) is 0 Å². The van der Waals surface area contributed by atoms with E-state index in [-0.39, 0.29) is 0 Å². The van der Waals surface area contributed by atoms with Gasteiger partial charge in [-0.1, -0.05) is 17.7 Å². The van der Waals surface area contributed by atoms with Gasteiger partial charge in [0.15, 0.2) is 5.82 Å². The summed E-state index contributed by atoms with van der Waals surface area (Å²) in [4.78, 5) is 4.18. The third-order valence-corrected chi connectivity index (χ3v) is 2.12. The molecule has 70 valence electrons. The molecule has 1 heterocycles. The largest absolute Gasteiger partial charge is 0.233 e. The first-order valence-corrected chi connectivity index (χ1v) is 4.48. The predicted molar refractivity (Wildman–Crippen MR) is 54.7 cm³/mol. The maximum Gasteiger partial charge on any atom is 0.181 e. The number of aromatic nitrogens is 3. The average molecular weight is 185 g/mol. The number of aryl methyl sites for hydroxylation is 2. The van der Waals surface area contributed by atoms with Crippen molar-refractivity contribution >= 4 is 0 Å². The van der Waals surface area contributed by atoms with Crippen LogP contribution in [0.4, 0.5) is 0 Å². The second-order valence-electron chi connectivity index (χ2n) is 3.28. The summed E-state index contributed by atoms with van der Waals surface area (Å²) in [6.07, 6.45) is 3.23. The minimum absolute atomic E-state index is 0.689. The molecule has 0 N–H and O–H groups in total. The van der Waals surface area contributed by atoms with E-state index >= 15 is 0 Å². The zero-order valence-corrected chi connectivity index (χ0v) is 8.23. The fourth-order valence-electron chi connectivity index (χ4n) is 1.35. The number of rotatable bonds is 1. The van der Waals surface area contributed by atoms with Gasteiger partial charge in [0.05, 0.1) is 6.20 Å². The van der Waals surface area contributed by atoms with Crippen LogP contribution >= 0.6 is 0 Å². The van der Waals surface area contributed by atoms with Crippen LogP contribution in [0.2, 0.25) is 0 Å². The molecule has 2 aromatic rings. The Morgan fingerprint density at radius 3 is 2.64 bits per heavy atom. The molecule has 0 aliphatic heterocycles. The minimum Gasteiger partial charge on any atom is -0.233 e. The molecule has 14 heavy (non-hydrogen) atoms. The van der Waals surface area contributed by atoms with E-state index in [1.807, 2.05) is 6.92 Å². The van der Waals surface area contributed by atoms with Crippen LogP contribution in [-0.4, -0.2) is 15.2 Å². The quantitative estimate of drug-likeness (QED) is 0.683. The predicted octanol–water partition coefficient (Wildman–Crippen LogP) is 2.16. The summed E-state index contributed by atoms with van der Waals surface area (Å²) < 4.78 is 0. The number of benzene rings is 1. The molecule has 2 rings (SSSR count). The molecule has 0 spiro atoms. The lowest BCUT2D eigenvalue weighted by Crippen LogP contribution is -1.93. The lowest BCUT2D eigenvalue weighted by Gasteiger charge is -2.03. The van der Waals surface area contributed by atoms with Gasteiger partial charge in [-0.2, -0.15) is 5.10 Å². The summed E-state index contributed by atoms with van der Waals surface area (Å²) in [6.45, 7) is 4.10. The highest BCUT2D eigenvalue weighted by Gasteiger charge is 2.04. The van der Waals surface area contributed by atoms with Crippen LogP contribution in [0.3, 0.4) is 0 Å². The van der Waals surface area contributed by atoms with Gasteiger partial charge >= 0.3 is 0 Å². The van der Waals surface area contributed by atoms with Crippen LogP contribution in [0.1, 0.15) is 11.1 Å². The second-order valence-corrected chi connectivity index (χ2v) is 3.28. The van der Waals surface area contributed by atoms with Gasteiger partial charge in [0.1, 0.15) is 0 Å². The normalized spacial score (nSPS) is 10.1. The molecule has 3 heteroatoms. The second kappa shape index (κ2) is 3.54. The van der Waals surface area contributed by atoms with Gasteiger partial charge in [-0.05, 0) is 25.5 Å². The van der Waals surface area contributed by atoms with E-state index in [9.17, 15) is 0 Å². The van der Waals surface area contributed by atoms with Gasteiger partial charge in [-0.3, -0.25) is 0 Å². The lowest BCUT2D eigenvalue weighted by molar-refractivity contribution is 0.977. The summed E-state index contributed by atoms with van der Waals surface area (Å²) in [5.41, 5.74) is 3.43. The molecule has 0 aliphatic rings. The Labute approximate surface area is 82.8 Å². The van der Waals surface area contributed by atoms with Crippen molar-refractivity contribution in [2.75, 3.05) is 0 Å². The zero-order chi connectivity index (χ0) is 9.97. The van der Waals surface area contributed by atoms with Gasteiger partial charge in [0, 0.05) is 11.8 Å². The molecule has 1 aromatic heterocycles. The van der Waals surface area contributed by atoms with Crippen LogP contribution in [0.5, 0.6) is 0 Å². The molecule has 0 atom stereocenters. The van der Waals surface area contributed by atoms with E-state index < -0.39 is 0 Å². The van der Waals surface area contributed by atoms with Crippen molar-refractivity contribution in [1.82, 2.24) is 15.2 Å². The van der Waals surface area contributed by atoms with Crippen molar-refractivity contribution < 1.29 is 0 Å². The SMILES string of the molecule is Cc1ccc(C)c(-c2nccnn2)c1. The minimum atomic E-state index is 0.689. The van der Waals surface area contributed by atoms with E-state index in [0.29, 0.717) is 5.82 Å². The highest BCUT2D eigenvalue weighted by atomic mass is 15.1. The van der Waals surface area contributed by atoms with E-state index in [1.54, 1.807) is 12.4 Å². The van der Waals surface area contributed by atoms with E-state index in [2.05, 4.69) is 40.3 Å². The fraction of sp³-hybridized carbons (Fsp3) is 0.182. The van der Waals surface area contributed by atoms with Crippen molar-refractivity contribution in [3.8, 4) is 11.4 Å². The van der Waals surface area contributed by atoms with Gasteiger partial charge in [-0.25, -0.2) is 4.98 Å². The molecule has 0 unspecified atom stereocenters. The summed E-state index contributed by atoms with van der Waals surface area (Å²) in [6, 6.07) is 6.22. The molecule has 1 aromatic carbocycles. The maximum absolute atomic E-state index is 4.18. The molecule has 0 fully saturated rings. The average Bonchev–Trinajstić information content (AvgIpc) is 2.23. The first kappa shape index (κ1) is 8.81. The van der Waals surface area contributed by atoms with E-state index in [1.165, 1.54) is 11.1 Å². The van der Waals surface area contributed by atoms with Gasteiger partial charge in [-0.15, -0.1) is 5.10 Å². The van der Waals surface area contributed by atoms with Crippen LogP contribution < -0.4 is 0 Å². The third kappa shape index (κ3) is 1.62. The molecule has 0 radical (unpaired) electrons. The van der Waals surface area contributed by atoms with Crippen LogP contribution in [0.15, 0.2) is 30.6 Å². The number of hydrogen-bond donors (Lipinski definition) is 0. The topological polar surface area (TPSA) is 38.7 Å². The number of hydrogen-bond acceptors (Lipinski definition) is 3. The Bertz CT molecular complexity index is 438. The smallest absolute Gasteiger partial charge is 0.181 e. The lowest BCUT2D eigenvalue weighted by atomic mass is 10.1. The Hall–Kier alpha value is -1.77. The summed E-state index contributed by atoms with van der Waals surface area (Å²) in [7, 11) is 0. The molecule has 0 aliphatic carbocycles. The van der Waals surface area contributed by atoms with Crippen molar-refractivity contribution in [2.45, 2.75) is 13.8 Å². The first-order chi connectivity index (χ1) is 6.77. The number of nitrogens with zero attached hydrogens (tertiary/aromatic N) is 3. The molecule has 0 amide bonds. The Kier molecular flexibility index (Phi) is 2.23. The molecule has 0 bridgehead atoms. The molecule has 3 nitrogen and oxygen atoms in total. The summed E-state index contributed by atoms with van der Waals surface area (Å²) in [5.74, 6) is 0.689. The molecule has 0 saturated carbocycles. The first-order valence-electron chi connectivity index (χ1n) is 4.48. The van der Waals surface area contributed by atoms with Gasteiger partial charge in [0.25, 0.3) is 0 Å². The van der Waals surface area contributed by atoms with E-state index in [0.717, 1.165) is 5.56 Å². The van der Waals surface area contributed by atoms with Crippen LogP contribution in [0, 0.1) is 13.8 Å². The summed E-state index contributed by atoms with van der Waals surface area (Å²) in [5, 5.41) is 7.81. The Balaban J connectivity index is 2.57. The van der Waals surface area contributed by atoms with Crippen molar-refractivity contribution in [2.24, 2.45) is 0 Å². The zero-order valence-electron chi connectivity index (χ0n) is 8.23. The van der Waals surface area contributed by atoms with E-state index in [4.69, 9.17) is 0 Å². The monoisotopic (exact) mass is 185 g/mol. The van der Waals surface area contributed by atoms with Crippen molar-refractivity contribution in [3.05, 3.63) is 41.7 Å². The fourth-order valence-corrected chi connectivity index (χ4v) is 1.35. The third-order valence-electron chi connectivity index (χ3n) is 2.12. The van der Waals surface area contributed by atoms with Crippen molar-refractivity contribution in [1.29, 1.82) is 0 Å². The molecular formula is C11H11N3. The standard InChI is InChI=1S/C11H11N3/c1-8-3-4-9(2)10(7-8)11-12-5-6-13-14-11/h3-7H,1-2H3. The Morgan fingerprint density at radius 2 is 1.93 bits per heavy atom. The molecular weight excluding hydrogens is 174 g/mol. The van der Waals surface area contributed by atoms with Gasteiger partial charge < -0.3 is 0 Å². The van der Waals surface area contributed by atoms with Crippen LogP contribution in [-0.2, 0) is 0 Å².